The van der Waals surface area contributed by atoms with Crippen molar-refractivity contribution in [1.82, 2.24) is 24.4 Å². The molecule has 1 aliphatic heterocycles. The first-order valence-corrected chi connectivity index (χ1v) is 15.5. The maximum atomic E-state index is 15.5. The summed E-state index contributed by atoms with van der Waals surface area (Å²) in [5.41, 5.74) is 3.49. The van der Waals surface area contributed by atoms with E-state index in [2.05, 4.69) is 49.5 Å². The molecule has 0 atom stereocenters. The number of aromatic nitrogens is 4. The normalized spacial score (nSPS) is 14.7. The molecule has 0 amide bonds. The van der Waals surface area contributed by atoms with E-state index in [1.165, 1.54) is 0 Å². The van der Waals surface area contributed by atoms with Crippen molar-refractivity contribution in [2.24, 2.45) is 4.36 Å². The van der Waals surface area contributed by atoms with Crippen LogP contribution in [-0.2, 0) is 16.1 Å². The van der Waals surface area contributed by atoms with Gasteiger partial charge in [0.2, 0.25) is 5.95 Å². The lowest BCUT2D eigenvalue weighted by Crippen LogP contribution is -2.44. The van der Waals surface area contributed by atoms with Gasteiger partial charge in [0, 0.05) is 76.9 Å². The molecule has 1 aromatic carbocycles. The molecule has 1 saturated heterocycles. The van der Waals surface area contributed by atoms with Crippen LogP contribution in [0.15, 0.2) is 47.0 Å². The predicted molar refractivity (Wildman–Crippen MR) is 157 cm³/mol. The molecule has 0 aliphatic carbocycles. The summed E-state index contributed by atoms with van der Waals surface area (Å²) >= 11 is 0. The van der Waals surface area contributed by atoms with Gasteiger partial charge in [-0.2, -0.15) is 9.35 Å². The molecule has 1 aliphatic rings. The van der Waals surface area contributed by atoms with Crippen molar-refractivity contribution in [2.45, 2.75) is 26.7 Å². The first kappa shape index (κ1) is 27.0. The molecule has 0 radical (unpaired) electrons. The average molecular weight is 551 g/mol. The molecule has 39 heavy (non-hydrogen) atoms. The van der Waals surface area contributed by atoms with E-state index in [0.717, 1.165) is 50.1 Å². The number of hydrogen-bond donors (Lipinski definition) is 1. The van der Waals surface area contributed by atoms with Crippen molar-refractivity contribution in [3.05, 3.63) is 59.7 Å². The van der Waals surface area contributed by atoms with Crippen LogP contribution in [0.25, 0.3) is 16.9 Å². The van der Waals surface area contributed by atoms with Crippen molar-refractivity contribution < 1.29 is 8.60 Å². The number of rotatable bonds is 7. The van der Waals surface area contributed by atoms with Gasteiger partial charge in [0.05, 0.1) is 5.69 Å². The lowest BCUT2D eigenvalue weighted by Gasteiger charge is -2.34. The van der Waals surface area contributed by atoms with E-state index in [4.69, 9.17) is 4.98 Å². The van der Waals surface area contributed by atoms with Gasteiger partial charge in [0.25, 0.3) is 0 Å². The topological polar surface area (TPSA) is 91.5 Å². The second-order valence-corrected chi connectivity index (χ2v) is 12.9. The minimum atomic E-state index is -2.36. The standard InChI is InChI=1S/C28H35FN8OS/c1-6-8-21-17-20-18-30-28(33-27(20)37(21)25-10-7-9-24(32-25)34-39(4,5)38)31-22-11-12-23(26(29)19(22)2)36-15-13-35(3)14-16-36/h7,9-12,17-18H,6,8,13-16H2,1-5H3,(H,30,31,33). The van der Waals surface area contributed by atoms with E-state index in [-0.39, 0.29) is 5.82 Å². The molecule has 4 aromatic rings. The van der Waals surface area contributed by atoms with Crippen LogP contribution >= 0.6 is 0 Å². The van der Waals surface area contributed by atoms with Gasteiger partial charge in [-0.3, -0.25) is 4.57 Å². The summed E-state index contributed by atoms with van der Waals surface area (Å²) in [4.78, 5) is 18.4. The van der Waals surface area contributed by atoms with Crippen LogP contribution in [0.2, 0.25) is 0 Å². The zero-order chi connectivity index (χ0) is 27.7. The van der Waals surface area contributed by atoms with Crippen LogP contribution in [-0.4, -0.2) is 74.4 Å². The van der Waals surface area contributed by atoms with Crippen LogP contribution in [0.1, 0.15) is 24.6 Å². The summed E-state index contributed by atoms with van der Waals surface area (Å²) in [7, 11) is -0.272. The third kappa shape index (κ3) is 5.89. The number of piperazine rings is 1. The molecular formula is C28H35FN8OS. The Labute approximate surface area is 229 Å². The fourth-order valence-electron chi connectivity index (χ4n) is 4.83. The molecule has 0 unspecified atom stereocenters. The molecule has 9 nitrogen and oxygen atoms in total. The van der Waals surface area contributed by atoms with Crippen LogP contribution in [0.5, 0.6) is 0 Å². The Morgan fingerprint density at radius 1 is 1.10 bits per heavy atom. The Morgan fingerprint density at radius 2 is 1.87 bits per heavy atom. The van der Waals surface area contributed by atoms with E-state index in [9.17, 15) is 4.21 Å². The number of aryl methyl sites for hydroxylation is 1. The average Bonchev–Trinajstić information content (AvgIpc) is 3.24. The molecular weight excluding hydrogens is 515 g/mol. The highest BCUT2D eigenvalue weighted by Gasteiger charge is 2.20. The zero-order valence-corrected chi connectivity index (χ0v) is 23.9. The fraction of sp³-hybridized carbons (Fsp3) is 0.393. The van der Waals surface area contributed by atoms with Crippen molar-refractivity contribution in [2.75, 3.05) is 56.0 Å². The number of pyridine rings is 1. The molecule has 1 N–H and O–H groups in total. The van der Waals surface area contributed by atoms with Gasteiger partial charge in [-0.25, -0.2) is 18.6 Å². The van der Waals surface area contributed by atoms with Crippen molar-refractivity contribution in [3.63, 3.8) is 0 Å². The maximum Gasteiger partial charge on any atom is 0.229 e. The van der Waals surface area contributed by atoms with E-state index < -0.39 is 9.73 Å². The molecule has 4 heterocycles. The fourth-order valence-corrected chi connectivity index (χ4v) is 5.38. The van der Waals surface area contributed by atoms with Crippen molar-refractivity contribution in [3.8, 4) is 5.82 Å². The number of fused-ring (bicyclic) bond motifs is 1. The zero-order valence-electron chi connectivity index (χ0n) is 23.1. The smallest absolute Gasteiger partial charge is 0.229 e. The second kappa shape index (κ2) is 10.9. The molecule has 1 fully saturated rings. The number of halogens is 1. The van der Waals surface area contributed by atoms with E-state index >= 15 is 4.39 Å². The lowest BCUT2D eigenvalue weighted by molar-refractivity contribution is 0.311. The third-order valence-electron chi connectivity index (χ3n) is 6.84. The Kier molecular flexibility index (Phi) is 7.55. The largest absolute Gasteiger partial charge is 0.367 e. The highest BCUT2D eigenvalue weighted by Crippen LogP contribution is 2.31. The second-order valence-electron chi connectivity index (χ2n) is 10.3. The van der Waals surface area contributed by atoms with Crippen LogP contribution in [0, 0.1) is 12.7 Å². The Balaban J connectivity index is 1.51. The van der Waals surface area contributed by atoms with E-state index in [1.807, 2.05) is 28.8 Å². The van der Waals surface area contributed by atoms with Crippen molar-refractivity contribution in [1.29, 1.82) is 0 Å². The maximum absolute atomic E-state index is 15.5. The molecule has 11 heteroatoms. The van der Waals surface area contributed by atoms with E-state index in [0.29, 0.717) is 40.2 Å². The first-order chi connectivity index (χ1) is 18.6. The summed E-state index contributed by atoms with van der Waals surface area (Å²) in [5.74, 6) is 1.19. The first-order valence-electron chi connectivity index (χ1n) is 13.1. The summed E-state index contributed by atoms with van der Waals surface area (Å²) in [6.45, 7) is 7.31. The predicted octanol–water partition coefficient (Wildman–Crippen LogP) is 5.07. The molecule has 5 rings (SSSR count). The van der Waals surface area contributed by atoms with Gasteiger partial charge < -0.3 is 15.1 Å². The van der Waals surface area contributed by atoms with E-state index in [1.54, 1.807) is 31.7 Å². The Morgan fingerprint density at radius 3 is 2.59 bits per heavy atom. The van der Waals surface area contributed by atoms with Gasteiger partial charge in [0.1, 0.15) is 5.82 Å². The third-order valence-corrected chi connectivity index (χ3v) is 7.47. The number of nitrogens with one attached hydrogen (secondary N) is 1. The minimum Gasteiger partial charge on any atom is -0.367 e. The van der Waals surface area contributed by atoms with Crippen molar-refractivity contribution >= 4 is 43.9 Å². The quantitative estimate of drug-likeness (QED) is 0.344. The number of hydrogen-bond acceptors (Lipinski definition) is 8. The molecule has 0 spiro atoms. The summed E-state index contributed by atoms with van der Waals surface area (Å²) < 4.78 is 34.0. The molecule has 3 aromatic heterocycles. The van der Waals surface area contributed by atoms with Crippen LogP contribution < -0.4 is 10.2 Å². The monoisotopic (exact) mass is 550 g/mol. The summed E-state index contributed by atoms with van der Waals surface area (Å²) in [6, 6.07) is 11.3. The summed E-state index contributed by atoms with van der Waals surface area (Å²) in [5, 5.41) is 4.10. The SMILES string of the molecule is CCCc1cc2cnc(Nc3ccc(N4CCN(C)CC4)c(F)c3C)nc2n1-c1cccc(N=S(C)(C)=O)n1. The van der Waals surface area contributed by atoms with Gasteiger partial charge in [-0.1, -0.05) is 19.4 Å². The molecule has 0 saturated carbocycles. The minimum absolute atomic E-state index is 0.229. The highest BCUT2D eigenvalue weighted by molar-refractivity contribution is 7.92. The number of anilines is 3. The van der Waals surface area contributed by atoms with Gasteiger partial charge in [0.15, 0.2) is 17.3 Å². The number of nitrogens with zero attached hydrogens (tertiary/aromatic N) is 7. The number of likely N-dealkylation sites (N-methyl/N-ethyl adjacent to an activating group) is 1. The van der Waals surface area contributed by atoms with Crippen LogP contribution in [0.4, 0.5) is 27.5 Å². The van der Waals surface area contributed by atoms with Crippen LogP contribution in [0.3, 0.4) is 0 Å². The molecule has 206 valence electrons. The number of benzene rings is 1. The Bertz CT molecular complexity index is 1630. The lowest BCUT2D eigenvalue weighted by atomic mass is 10.1. The van der Waals surface area contributed by atoms with Gasteiger partial charge >= 0.3 is 0 Å². The summed E-state index contributed by atoms with van der Waals surface area (Å²) in [6.07, 6.45) is 6.70. The van der Waals surface area contributed by atoms with Gasteiger partial charge in [-0.15, -0.1) is 0 Å². The molecule has 0 bridgehead atoms. The Hall–Kier alpha value is -3.57. The van der Waals surface area contributed by atoms with Gasteiger partial charge in [-0.05, 0) is 50.7 Å². The highest BCUT2D eigenvalue weighted by atomic mass is 32.2.